The molecule has 0 saturated heterocycles. The summed E-state index contributed by atoms with van der Waals surface area (Å²) < 4.78 is 0. The van der Waals surface area contributed by atoms with Gasteiger partial charge in [0.05, 0.1) is 15.1 Å². The van der Waals surface area contributed by atoms with Crippen molar-refractivity contribution in [3.63, 3.8) is 0 Å². The summed E-state index contributed by atoms with van der Waals surface area (Å²) in [4.78, 5) is 10.8. The molecular formula is C7H3Cl3O. The van der Waals surface area contributed by atoms with Gasteiger partial charge in [-0.3, -0.25) is 4.79 Å². The van der Waals surface area contributed by atoms with Gasteiger partial charge in [-0.2, -0.15) is 0 Å². The van der Waals surface area contributed by atoms with Crippen LogP contribution in [0.2, 0.25) is 15.1 Å². The molecular weight excluding hydrogens is 206 g/mol. The Bertz CT molecular complexity index is 335. The molecule has 0 radical (unpaired) electrons. The molecule has 0 aromatic heterocycles. The van der Waals surface area contributed by atoms with E-state index < -0.39 is 0 Å². The highest BCUT2D eigenvalue weighted by Crippen LogP contribution is 2.26. The normalized spacial score (nSPS) is 9.73. The van der Waals surface area contributed by atoms with Gasteiger partial charge >= 0.3 is 0 Å². The Kier molecular flexibility index (Phi) is 2.77. The van der Waals surface area contributed by atoms with Gasteiger partial charge in [0, 0.05) is 6.07 Å². The maximum Gasteiger partial charge on any atom is 0.180 e. The van der Waals surface area contributed by atoms with Crippen LogP contribution in [0.5, 0.6) is 0 Å². The van der Waals surface area contributed by atoms with Crippen LogP contribution in [0.25, 0.3) is 0 Å². The van der Waals surface area contributed by atoms with E-state index in [-0.39, 0.29) is 20.5 Å². The quantitative estimate of drug-likeness (QED) is 0.642. The zero-order valence-corrected chi connectivity index (χ0v) is 7.54. The Hall–Kier alpha value is -0.240. The molecule has 1 nitrogen and oxygen atoms in total. The van der Waals surface area contributed by atoms with Crippen LogP contribution in [-0.4, -0.2) is 0 Å². The van der Waals surface area contributed by atoms with E-state index in [1.807, 2.05) is 0 Å². The van der Waals surface area contributed by atoms with Crippen molar-refractivity contribution < 1.29 is 0 Å². The third-order valence-corrected chi connectivity index (χ3v) is 2.30. The summed E-state index contributed by atoms with van der Waals surface area (Å²) in [7, 11) is 0. The molecule has 1 rings (SSSR count). The largest absolute Gasteiger partial charge is 0.290 e. The van der Waals surface area contributed by atoms with Crippen molar-refractivity contribution in [1.29, 1.82) is 0 Å². The fraction of sp³-hybridized carbons (Fsp3) is 0. The lowest BCUT2D eigenvalue weighted by Gasteiger charge is -1.87. The molecule has 0 amide bonds. The average Bonchev–Trinajstić information content (AvgIpc) is 2.05. The minimum Gasteiger partial charge on any atom is -0.290 e. The molecule has 0 N–H and O–H groups in total. The van der Waals surface area contributed by atoms with E-state index in [0.29, 0.717) is 0 Å². The third-order valence-electron chi connectivity index (χ3n) is 1.08. The first kappa shape index (κ1) is 8.85. The molecule has 1 aromatic carbocycles. The first-order valence-electron chi connectivity index (χ1n) is 2.76. The second kappa shape index (κ2) is 3.44. The van der Waals surface area contributed by atoms with Crippen molar-refractivity contribution in [2.24, 2.45) is 0 Å². The first-order valence-corrected chi connectivity index (χ1v) is 3.89. The van der Waals surface area contributed by atoms with Crippen LogP contribution in [-0.2, 0) is 0 Å². The van der Waals surface area contributed by atoms with Gasteiger partial charge in [0.25, 0.3) is 0 Å². The molecule has 4 heteroatoms. The average molecular weight is 209 g/mol. The van der Waals surface area contributed by atoms with Crippen molar-refractivity contribution in [1.82, 2.24) is 0 Å². The van der Waals surface area contributed by atoms with Gasteiger partial charge in [-0.05, 0) is 12.1 Å². The Morgan fingerprint density at radius 1 is 1.00 bits per heavy atom. The third kappa shape index (κ3) is 2.09. The van der Waals surface area contributed by atoms with Gasteiger partial charge in [-0.25, -0.2) is 0 Å². The second-order valence-corrected chi connectivity index (χ2v) is 3.08. The topological polar surface area (TPSA) is 17.1 Å². The standard InChI is InChI=1S/C7H3Cl3O/c8-5-2-1-4(11)3-6(9)7(5)10/h1-3H. The minimum atomic E-state index is -0.219. The Morgan fingerprint density at radius 3 is 2.27 bits per heavy atom. The predicted octanol–water partition coefficient (Wildman–Crippen LogP) is 3.01. The fourth-order valence-corrected chi connectivity index (χ4v) is 1.12. The van der Waals surface area contributed by atoms with Crippen LogP contribution in [0.4, 0.5) is 0 Å². The lowest BCUT2D eigenvalue weighted by Crippen LogP contribution is -1.88. The molecule has 0 aliphatic heterocycles. The lowest BCUT2D eigenvalue weighted by molar-refractivity contribution is 1.68. The van der Waals surface area contributed by atoms with Crippen molar-refractivity contribution in [2.45, 2.75) is 0 Å². The maximum absolute atomic E-state index is 10.8. The highest BCUT2D eigenvalue weighted by atomic mass is 35.5. The van der Waals surface area contributed by atoms with E-state index in [1.54, 1.807) is 0 Å². The Balaban J connectivity index is 3.56. The summed E-state index contributed by atoms with van der Waals surface area (Å²) in [5.74, 6) is 0. The first-order chi connectivity index (χ1) is 5.11. The molecule has 0 atom stereocenters. The zero-order valence-electron chi connectivity index (χ0n) is 5.27. The molecule has 0 aliphatic rings. The molecule has 58 valence electrons. The molecule has 0 aliphatic carbocycles. The highest BCUT2D eigenvalue weighted by Gasteiger charge is 2.00. The van der Waals surface area contributed by atoms with Gasteiger partial charge < -0.3 is 0 Å². The van der Waals surface area contributed by atoms with Crippen LogP contribution in [0.15, 0.2) is 23.0 Å². The smallest absolute Gasteiger partial charge is 0.180 e. The summed E-state index contributed by atoms with van der Waals surface area (Å²) in [5.41, 5.74) is -0.219. The summed E-state index contributed by atoms with van der Waals surface area (Å²) in [5, 5.41) is 0.654. The van der Waals surface area contributed by atoms with Gasteiger partial charge in [0.2, 0.25) is 0 Å². The highest BCUT2D eigenvalue weighted by molar-refractivity contribution is 6.47. The van der Waals surface area contributed by atoms with E-state index in [4.69, 9.17) is 34.8 Å². The van der Waals surface area contributed by atoms with E-state index >= 15 is 0 Å². The van der Waals surface area contributed by atoms with Gasteiger partial charge in [-0.15, -0.1) is 0 Å². The van der Waals surface area contributed by atoms with Crippen molar-refractivity contribution >= 4 is 34.8 Å². The van der Waals surface area contributed by atoms with E-state index in [2.05, 4.69) is 0 Å². The van der Waals surface area contributed by atoms with E-state index in [0.717, 1.165) is 0 Å². The summed E-state index contributed by atoms with van der Waals surface area (Å²) in [6.07, 6.45) is 0. The molecule has 1 aromatic rings. The molecule has 0 heterocycles. The molecule has 0 saturated carbocycles. The Labute approximate surface area is 78.5 Å². The maximum atomic E-state index is 10.8. The van der Waals surface area contributed by atoms with Crippen LogP contribution in [0.1, 0.15) is 0 Å². The number of rotatable bonds is 0. The van der Waals surface area contributed by atoms with Crippen LogP contribution < -0.4 is 5.43 Å². The lowest BCUT2D eigenvalue weighted by atomic mass is 10.5. The molecule has 0 unspecified atom stereocenters. The van der Waals surface area contributed by atoms with Crippen LogP contribution in [0, 0.1) is 0 Å². The second-order valence-electron chi connectivity index (χ2n) is 1.89. The van der Waals surface area contributed by atoms with Crippen molar-refractivity contribution in [2.75, 3.05) is 0 Å². The summed E-state index contributed by atoms with van der Waals surface area (Å²) in [6, 6.07) is 3.94. The van der Waals surface area contributed by atoms with Crippen LogP contribution >= 0.6 is 34.8 Å². The fourth-order valence-electron chi connectivity index (χ4n) is 0.579. The number of hydrogen-bond acceptors (Lipinski definition) is 1. The molecule has 0 bridgehead atoms. The SMILES string of the molecule is O=c1ccc(Cl)c(Cl)c(Cl)c1. The van der Waals surface area contributed by atoms with Crippen molar-refractivity contribution in [3.8, 4) is 0 Å². The summed E-state index contributed by atoms with van der Waals surface area (Å²) in [6.45, 7) is 0. The predicted molar refractivity (Wildman–Crippen MR) is 47.7 cm³/mol. The summed E-state index contributed by atoms with van der Waals surface area (Å²) >= 11 is 16.8. The van der Waals surface area contributed by atoms with Crippen molar-refractivity contribution in [3.05, 3.63) is 43.5 Å². The monoisotopic (exact) mass is 208 g/mol. The molecule has 11 heavy (non-hydrogen) atoms. The zero-order chi connectivity index (χ0) is 8.43. The molecule has 0 fully saturated rings. The van der Waals surface area contributed by atoms with Gasteiger partial charge in [0.1, 0.15) is 0 Å². The Morgan fingerprint density at radius 2 is 1.64 bits per heavy atom. The molecule has 0 spiro atoms. The van der Waals surface area contributed by atoms with Gasteiger partial charge in [0.15, 0.2) is 5.43 Å². The number of hydrogen-bond donors (Lipinski definition) is 0. The van der Waals surface area contributed by atoms with E-state index in [9.17, 15) is 4.79 Å². The van der Waals surface area contributed by atoms with Gasteiger partial charge in [-0.1, -0.05) is 34.8 Å². The number of halogens is 3. The minimum absolute atomic E-state index is 0.173. The van der Waals surface area contributed by atoms with E-state index in [1.165, 1.54) is 18.2 Å². The van der Waals surface area contributed by atoms with Crippen LogP contribution in [0.3, 0.4) is 0 Å².